The van der Waals surface area contributed by atoms with Gasteiger partial charge in [0.1, 0.15) is 6.04 Å². The van der Waals surface area contributed by atoms with Gasteiger partial charge in [-0.25, -0.2) is 0 Å². The minimum Gasteiger partial charge on any atom is -0.468 e. The summed E-state index contributed by atoms with van der Waals surface area (Å²) >= 11 is 0. The van der Waals surface area contributed by atoms with Gasteiger partial charge in [0.05, 0.1) is 18.3 Å². The molecule has 1 atom stereocenters. The first-order valence-electron chi connectivity index (χ1n) is 7.49. The molecular formula is C16H19N5O3S. The normalized spacial score (nSPS) is 16.8. The Morgan fingerprint density at radius 1 is 1.48 bits per heavy atom. The van der Waals surface area contributed by atoms with E-state index in [1.165, 1.54) is 17.7 Å². The third-order valence-corrected chi connectivity index (χ3v) is 4.17. The van der Waals surface area contributed by atoms with Gasteiger partial charge in [0.15, 0.2) is 0 Å². The molecule has 1 aliphatic rings. The molecule has 3 heterocycles. The first-order valence-corrected chi connectivity index (χ1v) is 7.49. The number of anilines is 1. The standard InChI is InChI=1S/C16H17N5O3.H2S/c1-17-13-5-4-11-15(19-13)12(8-14(22)20(11)2)21-7-6-18-10(9-21)16(23)24-3;/h4-5,8,10,18H,6-7,9H2,2-3H3;1H2/t10-;/m0./s1. The SMILES string of the molecule is S.[C-]#[N+]c1ccc2c(n1)c(N1CCN[C@H](C(=O)OC)C1)cc(=O)n2C. The van der Waals surface area contributed by atoms with Gasteiger partial charge in [0, 0.05) is 32.7 Å². The lowest BCUT2D eigenvalue weighted by Gasteiger charge is -2.33. The molecule has 0 saturated carbocycles. The zero-order valence-electron chi connectivity index (χ0n) is 13.9. The number of carbonyl (C=O) groups excluding carboxylic acids is 1. The second kappa shape index (κ2) is 7.55. The monoisotopic (exact) mass is 361 g/mol. The van der Waals surface area contributed by atoms with Crippen LogP contribution in [0.2, 0.25) is 0 Å². The largest absolute Gasteiger partial charge is 0.468 e. The Kier molecular flexibility index (Phi) is 5.66. The third kappa shape index (κ3) is 3.45. The van der Waals surface area contributed by atoms with Crippen LogP contribution in [0.5, 0.6) is 0 Å². The summed E-state index contributed by atoms with van der Waals surface area (Å²) in [6, 6.07) is 4.35. The van der Waals surface area contributed by atoms with Crippen molar-refractivity contribution >= 4 is 42.0 Å². The quantitative estimate of drug-likeness (QED) is 0.621. The highest BCUT2D eigenvalue weighted by atomic mass is 32.1. The average molecular weight is 361 g/mol. The van der Waals surface area contributed by atoms with Crippen LogP contribution in [0.25, 0.3) is 15.9 Å². The van der Waals surface area contributed by atoms with Crippen LogP contribution in [0.15, 0.2) is 23.0 Å². The van der Waals surface area contributed by atoms with Crippen molar-refractivity contribution in [2.75, 3.05) is 31.6 Å². The van der Waals surface area contributed by atoms with E-state index in [9.17, 15) is 9.59 Å². The first kappa shape index (κ1) is 18.8. The summed E-state index contributed by atoms with van der Waals surface area (Å²) in [5.41, 5.74) is 1.70. The van der Waals surface area contributed by atoms with Gasteiger partial charge >= 0.3 is 5.97 Å². The van der Waals surface area contributed by atoms with Crippen molar-refractivity contribution in [3.8, 4) is 0 Å². The Morgan fingerprint density at radius 2 is 2.24 bits per heavy atom. The maximum Gasteiger partial charge on any atom is 0.324 e. The van der Waals surface area contributed by atoms with Crippen LogP contribution in [-0.2, 0) is 16.6 Å². The summed E-state index contributed by atoms with van der Waals surface area (Å²) in [5.74, 6) is -0.0790. The molecular weight excluding hydrogens is 342 g/mol. The average Bonchev–Trinajstić information content (AvgIpc) is 2.63. The van der Waals surface area contributed by atoms with Gasteiger partial charge in [-0.1, -0.05) is 6.57 Å². The van der Waals surface area contributed by atoms with E-state index in [4.69, 9.17) is 11.3 Å². The molecule has 3 rings (SSSR count). The van der Waals surface area contributed by atoms with Crippen molar-refractivity contribution < 1.29 is 9.53 Å². The number of nitrogens with one attached hydrogen (secondary N) is 1. The Morgan fingerprint density at radius 3 is 2.92 bits per heavy atom. The molecule has 2 aromatic rings. The Labute approximate surface area is 151 Å². The van der Waals surface area contributed by atoms with Gasteiger partial charge in [-0.15, -0.1) is 4.98 Å². The number of aromatic nitrogens is 2. The van der Waals surface area contributed by atoms with Gasteiger partial charge in [-0.2, -0.15) is 13.5 Å². The number of hydrogen-bond donors (Lipinski definition) is 1. The summed E-state index contributed by atoms with van der Waals surface area (Å²) in [6.45, 7) is 8.73. The van der Waals surface area contributed by atoms with E-state index in [2.05, 4.69) is 15.1 Å². The van der Waals surface area contributed by atoms with E-state index in [1.54, 1.807) is 19.2 Å². The van der Waals surface area contributed by atoms with Crippen molar-refractivity contribution in [3.63, 3.8) is 0 Å². The second-order valence-corrected chi connectivity index (χ2v) is 5.55. The third-order valence-electron chi connectivity index (χ3n) is 4.17. The predicted molar refractivity (Wildman–Crippen MR) is 99.6 cm³/mol. The number of carbonyl (C=O) groups is 1. The highest BCUT2D eigenvalue weighted by Gasteiger charge is 2.28. The Hall–Kier alpha value is -2.57. The summed E-state index contributed by atoms with van der Waals surface area (Å²) in [7, 11) is 3.02. The topological polar surface area (TPSA) is 80.8 Å². The summed E-state index contributed by atoms with van der Waals surface area (Å²) in [4.78, 5) is 33.7. The van der Waals surface area contributed by atoms with Crippen molar-refractivity contribution in [1.82, 2.24) is 14.9 Å². The number of piperazine rings is 1. The zero-order valence-corrected chi connectivity index (χ0v) is 14.9. The number of methoxy groups -OCH3 is 1. The number of aryl methyl sites for hydroxylation is 1. The molecule has 0 aromatic carbocycles. The van der Waals surface area contributed by atoms with E-state index >= 15 is 0 Å². The van der Waals surface area contributed by atoms with Crippen LogP contribution in [0, 0.1) is 6.57 Å². The highest BCUT2D eigenvalue weighted by Crippen LogP contribution is 2.26. The molecule has 1 N–H and O–H groups in total. The van der Waals surface area contributed by atoms with Crippen LogP contribution >= 0.6 is 13.5 Å². The van der Waals surface area contributed by atoms with Crippen LogP contribution in [0.1, 0.15) is 0 Å². The molecule has 0 radical (unpaired) electrons. The molecule has 0 bridgehead atoms. The van der Waals surface area contributed by atoms with Crippen LogP contribution in [0.4, 0.5) is 11.5 Å². The lowest BCUT2D eigenvalue weighted by molar-refractivity contribution is -0.143. The highest BCUT2D eigenvalue weighted by molar-refractivity contribution is 7.59. The molecule has 8 nitrogen and oxygen atoms in total. The molecule has 2 aromatic heterocycles. The van der Waals surface area contributed by atoms with E-state index in [0.29, 0.717) is 36.4 Å². The van der Waals surface area contributed by atoms with E-state index in [1.807, 2.05) is 4.90 Å². The second-order valence-electron chi connectivity index (χ2n) is 5.55. The van der Waals surface area contributed by atoms with Crippen molar-refractivity contribution in [3.05, 3.63) is 40.0 Å². The molecule has 0 amide bonds. The maximum atomic E-state index is 12.3. The fraction of sp³-hybridized carbons (Fsp3) is 0.375. The van der Waals surface area contributed by atoms with Gasteiger partial charge in [-0.3, -0.25) is 9.59 Å². The number of rotatable bonds is 2. The molecule has 25 heavy (non-hydrogen) atoms. The Balaban J connectivity index is 0.00000225. The van der Waals surface area contributed by atoms with Crippen molar-refractivity contribution in [2.24, 2.45) is 7.05 Å². The zero-order chi connectivity index (χ0) is 17.3. The van der Waals surface area contributed by atoms with E-state index in [-0.39, 0.29) is 30.8 Å². The fourth-order valence-corrected chi connectivity index (χ4v) is 2.87. The number of nitrogens with zero attached hydrogens (tertiary/aromatic N) is 4. The number of fused-ring (bicyclic) bond motifs is 1. The fourth-order valence-electron chi connectivity index (χ4n) is 2.87. The van der Waals surface area contributed by atoms with Crippen LogP contribution < -0.4 is 15.8 Å². The Bertz CT molecular complexity index is 905. The van der Waals surface area contributed by atoms with Gasteiger partial charge in [-0.05, 0) is 12.1 Å². The number of hydrogen-bond acceptors (Lipinski definition) is 6. The minimum atomic E-state index is -0.466. The maximum absolute atomic E-state index is 12.3. The lowest BCUT2D eigenvalue weighted by Crippen LogP contribution is -2.54. The molecule has 1 aliphatic heterocycles. The van der Waals surface area contributed by atoms with Crippen molar-refractivity contribution in [1.29, 1.82) is 0 Å². The van der Waals surface area contributed by atoms with E-state index < -0.39 is 6.04 Å². The number of esters is 1. The molecule has 0 unspecified atom stereocenters. The summed E-state index contributed by atoms with van der Waals surface area (Å²) in [5, 5.41) is 3.10. The van der Waals surface area contributed by atoms with Crippen LogP contribution in [0.3, 0.4) is 0 Å². The van der Waals surface area contributed by atoms with Crippen molar-refractivity contribution in [2.45, 2.75) is 6.04 Å². The molecule has 132 valence electrons. The smallest absolute Gasteiger partial charge is 0.324 e. The lowest BCUT2D eigenvalue weighted by atomic mass is 10.1. The number of ether oxygens (including phenoxy) is 1. The van der Waals surface area contributed by atoms with Gasteiger partial charge < -0.3 is 24.4 Å². The summed E-state index contributed by atoms with van der Waals surface area (Å²) in [6.07, 6.45) is 0. The number of pyridine rings is 2. The van der Waals surface area contributed by atoms with Gasteiger partial charge in [0.2, 0.25) is 5.52 Å². The predicted octanol–water partition coefficient (Wildman–Crippen LogP) is 0.548. The molecule has 0 spiro atoms. The minimum absolute atomic E-state index is 0. The molecule has 1 fully saturated rings. The van der Waals surface area contributed by atoms with Crippen LogP contribution in [-0.4, -0.2) is 48.3 Å². The van der Waals surface area contributed by atoms with E-state index in [0.717, 1.165) is 0 Å². The molecule has 1 saturated heterocycles. The van der Waals surface area contributed by atoms with Gasteiger partial charge in [0.25, 0.3) is 11.4 Å². The molecule has 0 aliphatic carbocycles. The molecule has 9 heteroatoms. The first-order chi connectivity index (χ1) is 11.5. The summed E-state index contributed by atoms with van der Waals surface area (Å²) < 4.78 is 6.29.